The molecule has 2 heteroatoms. The summed E-state index contributed by atoms with van der Waals surface area (Å²) in [5.74, 6) is 1.17. The minimum absolute atomic E-state index is 0.0839. The Labute approximate surface area is 139 Å². The van der Waals surface area contributed by atoms with Crippen LogP contribution in [0.15, 0.2) is 65.7 Å². The SMILES string of the molecule is c1ccc(C(N=C2CCCCCCCN2)c2ccccc2)cc1. The average molecular weight is 306 g/mol. The monoisotopic (exact) mass is 306 g/mol. The molecule has 0 amide bonds. The molecule has 0 bridgehead atoms. The summed E-state index contributed by atoms with van der Waals surface area (Å²) in [7, 11) is 0. The lowest BCUT2D eigenvalue weighted by Crippen LogP contribution is -2.25. The van der Waals surface area contributed by atoms with Crippen molar-refractivity contribution < 1.29 is 0 Å². The summed E-state index contributed by atoms with van der Waals surface area (Å²) in [6.45, 7) is 1.05. The number of rotatable bonds is 3. The number of nitrogens with zero attached hydrogens (tertiary/aromatic N) is 1. The lowest BCUT2D eigenvalue weighted by Gasteiger charge is -2.17. The van der Waals surface area contributed by atoms with Crippen molar-refractivity contribution in [3.63, 3.8) is 0 Å². The number of aliphatic imine (C=N–C) groups is 1. The van der Waals surface area contributed by atoms with Crippen LogP contribution in [0.5, 0.6) is 0 Å². The zero-order valence-electron chi connectivity index (χ0n) is 13.7. The van der Waals surface area contributed by atoms with Crippen LogP contribution in [0.25, 0.3) is 0 Å². The van der Waals surface area contributed by atoms with Crippen molar-refractivity contribution in [1.82, 2.24) is 5.32 Å². The van der Waals surface area contributed by atoms with Gasteiger partial charge in [-0.25, -0.2) is 0 Å². The Bertz CT molecular complexity index is 553. The zero-order valence-corrected chi connectivity index (χ0v) is 13.7. The molecule has 1 fully saturated rings. The van der Waals surface area contributed by atoms with Crippen LogP contribution in [0.3, 0.4) is 0 Å². The fourth-order valence-corrected chi connectivity index (χ4v) is 3.15. The van der Waals surface area contributed by atoms with Crippen LogP contribution < -0.4 is 5.32 Å². The van der Waals surface area contributed by atoms with E-state index >= 15 is 0 Å². The molecule has 1 aliphatic heterocycles. The van der Waals surface area contributed by atoms with Crippen molar-refractivity contribution in [2.45, 2.75) is 44.6 Å². The number of hydrogen-bond donors (Lipinski definition) is 1. The van der Waals surface area contributed by atoms with Gasteiger partial charge >= 0.3 is 0 Å². The van der Waals surface area contributed by atoms with Crippen molar-refractivity contribution >= 4 is 5.84 Å². The van der Waals surface area contributed by atoms with Crippen LogP contribution >= 0.6 is 0 Å². The first-order valence-corrected chi connectivity index (χ1v) is 8.84. The summed E-state index contributed by atoms with van der Waals surface area (Å²) in [6, 6.07) is 21.3. The molecule has 1 heterocycles. The van der Waals surface area contributed by atoms with Gasteiger partial charge in [0.2, 0.25) is 0 Å². The summed E-state index contributed by atoms with van der Waals surface area (Å²) in [5.41, 5.74) is 2.51. The van der Waals surface area contributed by atoms with Gasteiger partial charge in [0, 0.05) is 13.0 Å². The predicted octanol–water partition coefficient (Wildman–Crippen LogP) is 5.12. The highest BCUT2D eigenvalue weighted by Gasteiger charge is 2.14. The maximum atomic E-state index is 5.12. The van der Waals surface area contributed by atoms with E-state index in [-0.39, 0.29) is 6.04 Å². The largest absolute Gasteiger partial charge is 0.374 e. The molecule has 3 rings (SSSR count). The summed E-state index contributed by atoms with van der Waals surface area (Å²) < 4.78 is 0. The molecular weight excluding hydrogens is 280 g/mol. The summed E-state index contributed by atoms with van der Waals surface area (Å²) >= 11 is 0. The van der Waals surface area contributed by atoms with E-state index in [2.05, 4.69) is 66.0 Å². The molecular formula is C21H26N2. The van der Waals surface area contributed by atoms with Gasteiger partial charge < -0.3 is 5.32 Å². The second-order valence-corrected chi connectivity index (χ2v) is 6.24. The molecule has 0 aliphatic carbocycles. The minimum atomic E-state index is 0.0839. The number of nitrogens with one attached hydrogen (secondary N) is 1. The Balaban J connectivity index is 1.89. The van der Waals surface area contributed by atoms with E-state index in [0.717, 1.165) is 13.0 Å². The van der Waals surface area contributed by atoms with E-state index in [0.29, 0.717) is 0 Å². The molecule has 0 atom stereocenters. The number of hydrogen-bond acceptors (Lipinski definition) is 1. The van der Waals surface area contributed by atoms with Crippen molar-refractivity contribution in [1.29, 1.82) is 0 Å². The molecule has 0 spiro atoms. The molecule has 0 saturated carbocycles. The second kappa shape index (κ2) is 8.52. The zero-order chi connectivity index (χ0) is 15.7. The highest BCUT2D eigenvalue weighted by molar-refractivity contribution is 5.82. The van der Waals surface area contributed by atoms with Crippen molar-refractivity contribution in [3.8, 4) is 0 Å². The molecule has 1 aliphatic rings. The number of benzene rings is 2. The van der Waals surface area contributed by atoms with E-state index in [4.69, 9.17) is 4.99 Å². The third kappa shape index (κ3) is 4.69. The van der Waals surface area contributed by atoms with Crippen LogP contribution in [0, 0.1) is 0 Å². The van der Waals surface area contributed by atoms with Gasteiger partial charge in [-0.1, -0.05) is 79.9 Å². The molecule has 23 heavy (non-hydrogen) atoms. The first kappa shape index (κ1) is 15.8. The molecule has 2 nitrogen and oxygen atoms in total. The first-order chi connectivity index (χ1) is 11.4. The summed E-state index contributed by atoms with van der Waals surface area (Å²) in [6.07, 6.45) is 7.57. The number of amidine groups is 1. The Hall–Kier alpha value is -2.09. The van der Waals surface area contributed by atoms with E-state index in [9.17, 15) is 0 Å². The van der Waals surface area contributed by atoms with Crippen molar-refractivity contribution in [3.05, 3.63) is 71.8 Å². The Morgan fingerprint density at radius 3 is 1.91 bits per heavy atom. The van der Waals surface area contributed by atoms with Crippen molar-refractivity contribution in [2.24, 2.45) is 4.99 Å². The van der Waals surface area contributed by atoms with Crippen LogP contribution in [0.2, 0.25) is 0 Å². The quantitative estimate of drug-likeness (QED) is 0.836. The van der Waals surface area contributed by atoms with E-state index in [1.807, 2.05) is 0 Å². The lowest BCUT2D eigenvalue weighted by molar-refractivity contribution is 0.635. The van der Waals surface area contributed by atoms with Crippen LogP contribution in [0.1, 0.15) is 55.7 Å². The van der Waals surface area contributed by atoms with Gasteiger partial charge in [0.05, 0.1) is 5.84 Å². The summed E-state index contributed by atoms with van der Waals surface area (Å²) in [5, 5.41) is 3.58. The molecule has 0 radical (unpaired) electrons. The fourth-order valence-electron chi connectivity index (χ4n) is 3.15. The highest BCUT2D eigenvalue weighted by Crippen LogP contribution is 2.26. The average Bonchev–Trinajstić information content (AvgIpc) is 2.75. The molecule has 2 aromatic rings. The third-order valence-corrected chi connectivity index (χ3v) is 4.43. The molecule has 2 aromatic carbocycles. The van der Waals surface area contributed by atoms with Gasteiger partial charge in [0.25, 0.3) is 0 Å². The molecule has 120 valence electrons. The standard InChI is InChI=1S/C21H26N2/c1-2-10-16-20(22-17-11-3-1)23-21(18-12-6-4-7-13-18)19-14-8-5-9-15-19/h4-9,12-15,21H,1-3,10-11,16-17H2,(H,22,23). The maximum Gasteiger partial charge on any atom is 0.102 e. The molecule has 1 N–H and O–H groups in total. The summed E-state index contributed by atoms with van der Waals surface area (Å²) in [4.78, 5) is 5.12. The second-order valence-electron chi connectivity index (χ2n) is 6.24. The van der Waals surface area contributed by atoms with Gasteiger partial charge in [-0.2, -0.15) is 0 Å². The lowest BCUT2D eigenvalue weighted by atomic mass is 9.99. The first-order valence-electron chi connectivity index (χ1n) is 8.84. The Kier molecular flexibility index (Phi) is 5.85. The van der Waals surface area contributed by atoms with Crippen molar-refractivity contribution in [2.75, 3.05) is 6.54 Å². The smallest absolute Gasteiger partial charge is 0.102 e. The Morgan fingerprint density at radius 2 is 1.26 bits per heavy atom. The van der Waals surface area contributed by atoms with Crippen LogP contribution in [-0.2, 0) is 0 Å². The molecule has 0 aromatic heterocycles. The fraction of sp³-hybridized carbons (Fsp3) is 0.381. The minimum Gasteiger partial charge on any atom is -0.374 e. The van der Waals surface area contributed by atoms with Crippen LogP contribution in [0.4, 0.5) is 0 Å². The molecule has 0 unspecified atom stereocenters. The van der Waals surface area contributed by atoms with Crippen LogP contribution in [-0.4, -0.2) is 12.4 Å². The van der Waals surface area contributed by atoms with E-state index in [1.165, 1.54) is 49.1 Å². The topological polar surface area (TPSA) is 24.4 Å². The van der Waals surface area contributed by atoms with Gasteiger partial charge in [0.1, 0.15) is 6.04 Å². The normalized spacial score (nSPS) is 18.0. The van der Waals surface area contributed by atoms with E-state index < -0.39 is 0 Å². The van der Waals surface area contributed by atoms with Gasteiger partial charge in [0.15, 0.2) is 0 Å². The maximum absolute atomic E-state index is 5.12. The van der Waals surface area contributed by atoms with E-state index in [1.54, 1.807) is 0 Å². The Morgan fingerprint density at radius 1 is 0.696 bits per heavy atom. The van der Waals surface area contributed by atoms with Gasteiger partial charge in [-0.05, 0) is 24.0 Å². The molecule has 1 saturated heterocycles. The third-order valence-electron chi connectivity index (χ3n) is 4.43. The van der Waals surface area contributed by atoms with Gasteiger partial charge in [-0.3, -0.25) is 4.99 Å². The predicted molar refractivity (Wildman–Crippen MR) is 97.9 cm³/mol. The highest BCUT2D eigenvalue weighted by atomic mass is 15.0. The van der Waals surface area contributed by atoms with Gasteiger partial charge in [-0.15, -0.1) is 0 Å².